The number of benzene rings is 1. The molecule has 0 saturated heterocycles. The highest BCUT2D eigenvalue weighted by atomic mass is 19.1. The highest BCUT2D eigenvalue weighted by Crippen LogP contribution is 2.26. The van der Waals surface area contributed by atoms with E-state index in [0.29, 0.717) is 0 Å². The fourth-order valence-corrected chi connectivity index (χ4v) is 2.55. The van der Waals surface area contributed by atoms with Gasteiger partial charge in [-0.05, 0) is 32.0 Å². The largest absolute Gasteiger partial charge is 0.427 e. The molecule has 6 heteroatoms. The highest BCUT2D eigenvalue weighted by Gasteiger charge is 2.20. The maximum Gasteiger partial charge on any atom is 0.351 e. The van der Waals surface area contributed by atoms with Gasteiger partial charge in [0.15, 0.2) is 11.2 Å². The minimum absolute atomic E-state index is 0.0619. The molecule has 0 aliphatic heterocycles. The third kappa shape index (κ3) is 2.38. The van der Waals surface area contributed by atoms with Crippen molar-refractivity contribution in [1.29, 1.82) is 0 Å². The monoisotopic (exact) mass is 314 g/mol. The zero-order valence-electron chi connectivity index (χ0n) is 12.3. The molecule has 0 aliphatic rings. The third-order valence-corrected chi connectivity index (χ3v) is 3.51. The van der Waals surface area contributed by atoms with Gasteiger partial charge in [-0.25, -0.2) is 14.0 Å². The third-order valence-electron chi connectivity index (χ3n) is 3.51. The van der Waals surface area contributed by atoms with Crippen LogP contribution in [-0.4, -0.2) is 5.78 Å². The van der Waals surface area contributed by atoms with E-state index in [2.05, 4.69) is 0 Å². The average Bonchev–Trinajstić information content (AvgIpc) is 2.46. The second kappa shape index (κ2) is 5.31. The molecule has 116 valence electrons. The van der Waals surface area contributed by atoms with Gasteiger partial charge in [0.05, 0.1) is 11.1 Å². The molecule has 0 fully saturated rings. The summed E-state index contributed by atoms with van der Waals surface area (Å²) in [6, 6.07) is 7.05. The molecule has 3 rings (SSSR count). The predicted molar refractivity (Wildman–Crippen MR) is 81.2 cm³/mol. The first-order chi connectivity index (χ1) is 10.9. The molecule has 0 atom stereocenters. The summed E-state index contributed by atoms with van der Waals surface area (Å²) >= 11 is 0. The van der Waals surface area contributed by atoms with Crippen LogP contribution >= 0.6 is 0 Å². The van der Waals surface area contributed by atoms with Crippen molar-refractivity contribution in [3.05, 3.63) is 68.3 Å². The summed E-state index contributed by atoms with van der Waals surface area (Å²) < 4.78 is 23.9. The van der Waals surface area contributed by atoms with Gasteiger partial charge in [0.25, 0.3) is 0 Å². The lowest BCUT2D eigenvalue weighted by atomic mass is 10.0. The Bertz CT molecular complexity index is 1060. The Labute approximate surface area is 129 Å². The predicted octanol–water partition coefficient (Wildman–Crippen LogP) is 3.06. The van der Waals surface area contributed by atoms with Gasteiger partial charge in [0.1, 0.15) is 17.3 Å². The van der Waals surface area contributed by atoms with Gasteiger partial charge in [-0.3, -0.25) is 4.79 Å². The van der Waals surface area contributed by atoms with Gasteiger partial charge in [-0.15, -0.1) is 0 Å². The Morgan fingerprint density at radius 2 is 1.74 bits per heavy atom. The summed E-state index contributed by atoms with van der Waals surface area (Å²) in [7, 11) is 0. The molecule has 0 bridgehead atoms. The zero-order chi connectivity index (χ0) is 16.7. The number of aryl methyl sites for hydroxylation is 1. The number of Topliss-reactive ketones (excluding diaryl/α,β-unsaturated/α-hetero) is 1. The number of hydrogen-bond acceptors (Lipinski definition) is 5. The van der Waals surface area contributed by atoms with E-state index in [1.165, 1.54) is 38.1 Å². The lowest BCUT2D eigenvalue weighted by molar-refractivity contribution is 0.101. The smallest absolute Gasteiger partial charge is 0.351 e. The Kier molecular flexibility index (Phi) is 3.44. The van der Waals surface area contributed by atoms with Gasteiger partial charge in [-0.1, -0.05) is 12.1 Å². The minimum Gasteiger partial charge on any atom is -0.427 e. The molecule has 0 amide bonds. The van der Waals surface area contributed by atoms with Crippen molar-refractivity contribution >= 4 is 16.6 Å². The van der Waals surface area contributed by atoms with Gasteiger partial charge in [-0.2, -0.15) is 0 Å². The normalized spacial score (nSPS) is 10.9. The van der Waals surface area contributed by atoms with Crippen LogP contribution in [0.15, 0.2) is 48.8 Å². The number of ketones is 1. The van der Waals surface area contributed by atoms with E-state index >= 15 is 0 Å². The SMILES string of the molecule is CC(=O)c1c(C)oc(=O)c2c(=O)oc(-c3ccccc3F)cc12. The minimum atomic E-state index is -0.975. The molecule has 0 spiro atoms. The topological polar surface area (TPSA) is 77.5 Å². The lowest BCUT2D eigenvalue weighted by Gasteiger charge is -2.07. The van der Waals surface area contributed by atoms with Crippen LogP contribution in [0.4, 0.5) is 4.39 Å². The molecule has 1 aromatic carbocycles. The lowest BCUT2D eigenvalue weighted by Crippen LogP contribution is -2.16. The van der Waals surface area contributed by atoms with E-state index in [-0.39, 0.29) is 39.2 Å². The van der Waals surface area contributed by atoms with Crippen molar-refractivity contribution < 1.29 is 18.0 Å². The van der Waals surface area contributed by atoms with E-state index in [0.717, 1.165) is 0 Å². The van der Waals surface area contributed by atoms with E-state index in [1.807, 2.05) is 0 Å². The fraction of sp³-hybridized carbons (Fsp3) is 0.118. The molecule has 0 aliphatic carbocycles. The summed E-state index contributed by atoms with van der Waals surface area (Å²) in [5.74, 6) is -0.923. The van der Waals surface area contributed by atoms with Crippen molar-refractivity contribution in [2.75, 3.05) is 0 Å². The van der Waals surface area contributed by atoms with Crippen LogP contribution in [-0.2, 0) is 0 Å². The molecule has 2 heterocycles. The Morgan fingerprint density at radius 1 is 1.09 bits per heavy atom. The molecule has 0 N–H and O–H groups in total. The number of carbonyl (C=O) groups is 1. The number of halogens is 1. The Hall–Kier alpha value is -3.02. The molecule has 23 heavy (non-hydrogen) atoms. The van der Waals surface area contributed by atoms with E-state index < -0.39 is 17.1 Å². The van der Waals surface area contributed by atoms with Crippen molar-refractivity contribution in [3.63, 3.8) is 0 Å². The number of hydrogen-bond donors (Lipinski definition) is 0. The van der Waals surface area contributed by atoms with Crippen molar-refractivity contribution in [2.24, 2.45) is 0 Å². The molecule has 0 unspecified atom stereocenters. The van der Waals surface area contributed by atoms with Crippen LogP contribution in [0, 0.1) is 12.7 Å². The first-order valence-electron chi connectivity index (χ1n) is 6.77. The van der Waals surface area contributed by atoms with Gasteiger partial charge in [0, 0.05) is 5.39 Å². The van der Waals surface area contributed by atoms with Gasteiger partial charge >= 0.3 is 11.3 Å². The molecule has 2 aromatic heterocycles. The van der Waals surface area contributed by atoms with Crippen molar-refractivity contribution in [2.45, 2.75) is 13.8 Å². The van der Waals surface area contributed by atoms with Gasteiger partial charge < -0.3 is 8.83 Å². The quantitative estimate of drug-likeness (QED) is 0.679. The summed E-state index contributed by atoms with van der Waals surface area (Å²) in [5.41, 5.74) is -1.70. The number of carbonyl (C=O) groups excluding carboxylic acids is 1. The maximum absolute atomic E-state index is 13.9. The molecular weight excluding hydrogens is 303 g/mol. The molecular formula is C17H11FO5. The van der Waals surface area contributed by atoms with Crippen molar-refractivity contribution in [1.82, 2.24) is 0 Å². The summed E-state index contributed by atoms with van der Waals surface area (Å²) in [6.07, 6.45) is 0. The Morgan fingerprint density at radius 3 is 2.39 bits per heavy atom. The summed E-state index contributed by atoms with van der Waals surface area (Å²) in [6.45, 7) is 2.74. The van der Waals surface area contributed by atoms with E-state index in [4.69, 9.17) is 8.83 Å². The summed E-state index contributed by atoms with van der Waals surface area (Å²) in [5, 5.41) is -0.262. The van der Waals surface area contributed by atoms with Crippen LogP contribution in [0.3, 0.4) is 0 Å². The standard InChI is InChI=1S/C17H11FO5/c1-8(19)14-9(2)22-16(20)15-11(14)7-13(23-17(15)21)10-5-3-4-6-12(10)18/h3-7H,1-2H3. The van der Waals surface area contributed by atoms with E-state index in [1.54, 1.807) is 6.07 Å². The van der Waals surface area contributed by atoms with Crippen LogP contribution in [0.5, 0.6) is 0 Å². The highest BCUT2D eigenvalue weighted by molar-refractivity contribution is 6.07. The van der Waals surface area contributed by atoms with Crippen LogP contribution < -0.4 is 11.3 Å². The average molecular weight is 314 g/mol. The molecule has 5 nitrogen and oxygen atoms in total. The fourth-order valence-electron chi connectivity index (χ4n) is 2.55. The Balaban J connectivity index is 2.49. The first-order valence-corrected chi connectivity index (χ1v) is 6.77. The zero-order valence-corrected chi connectivity index (χ0v) is 12.3. The first kappa shape index (κ1) is 14.9. The summed E-state index contributed by atoms with van der Waals surface area (Å²) in [4.78, 5) is 35.9. The molecule has 0 saturated carbocycles. The van der Waals surface area contributed by atoms with Crippen LogP contribution in [0.2, 0.25) is 0 Å². The molecule has 3 aromatic rings. The maximum atomic E-state index is 13.9. The van der Waals surface area contributed by atoms with Crippen molar-refractivity contribution in [3.8, 4) is 11.3 Å². The second-order valence-corrected chi connectivity index (χ2v) is 5.04. The van der Waals surface area contributed by atoms with Gasteiger partial charge in [0.2, 0.25) is 0 Å². The number of rotatable bonds is 2. The second-order valence-electron chi connectivity index (χ2n) is 5.04. The molecule has 0 radical (unpaired) electrons. The van der Waals surface area contributed by atoms with Crippen LogP contribution in [0.1, 0.15) is 23.0 Å². The van der Waals surface area contributed by atoms with Crippen LogP contribution in [0.25, 0.3) is 22.1 Å². The van der Waals surface area contributed by atoms with E-state index in [9.17, 15) is 18.8 Å². The number of fused-ring (bicyclic) bond motifs is 1.